The molecular formula is C17H21ClN8O2. The lowest BCUT2D eigenvalue weighted by Crippen LogP contribution is -2.26. The lowest BCUT2D eigenvalue weighted by Gasteiger charge is -2.15. The van der Waals surface area contributed by atoms with E-state index in [2.05, 4.69) is 25.9 Å². The molecule has 10 nitrogen and oxygen atoms in total. The molecule has 2 N–H and O–H groups in total. The Bertz CT molecular complexity index is 1050. The second kappa shape index (κ2) is 7.47. The summed E-state index contributed by atoms with van der Waals surface area (Å²) >= 11 is 6.01. The van der Waals surface area contributed by atoms with Gasteiger partial charge in [0, 0.05) is 14.1 Å². The van der Waals surface area contributed by atoms with Gasteiger partial charge in [-0.05, 0) is 20.8 Å². The molecule has 0 spiro atoms. The van der Waals surface area contributed by atoms with Crippen LogP contribution >= 0.6 is 11.6 Å². The second-order valence-electron chi connectivity index (χ2n) is 6.44. The molecule has 0 bridgehead atoms. The fourth-order valence-corrected chi connectivity index (χ4v) is 2.87. The van der Waals surface area contributed by atoms with Crippen LogP contribution in [0.15, 0.2) is 18.6 Å². The van der Waals surface area contributed by atoms with Gasteiger partial charge in [0.1, 0.15) is 11.7 Å². The van der Waals surface area contributed by atoms with Crippen LogP contribution in [0.2, 0.25) is 5.02 Å². The number of nitrogens with zero attached hydrogens (tertiary/aromatic N) is 6. The van der Waals surface area contributed by atoms with Gasteiger partial charge in [-0.15, -0.1) is 0 Å². The van der Waals surface area contributed by atoms with E-state index >= 15 is 0 Å². The van der Waals surface area contributed by atoms with E-state index in [-0.39, 0.29) is 11.6 Å². The van der Waals surface area contributed by atoms with Crippen molar-refractivity contribution in [2.75, 3.05) is 10.6 Å². The molecule has 0 aromatic carbocycles. The van der Waals surface area contributed by atoms with Crippen molar-refractivity contribution in [3.8, 4) is 0 Å². The average molecular weight is 405 g/mol. The first-order chi connectivity index (χ1) is 13.2. The summed E-state index contributed by atoms with van der Waals surface area (Å²) in [6.07, 6.45) is 4.48. The zero-order chi connectivity index (χ0) is 20.6. The molecule has 3 rings (SSSR count). The van der Waals surface area contributed by atoms with E-state index in [9.17, 15) is 9.59 Å². The van der Waals surface area contributed by atoms with Gasteiger partial charge in [-0.1, -0.05) is 11.6 Å². The number of hydrogen-bond acceptors (Lipinski definition) is 5. The van der Waals surface area contributed by atoms with Gasteiger partial charge in [0.05, 0.1) is 46.4 Å². The van der Waals surface area contributed by atoms with Crippen molar-refractivity contribution in [2.24, 2.45) is 14.1 Å². The first kappa shape index (κ1) is 19.6. The van der Waals surface area contributed by atoms with E-state index in [1.54, 1.807) is 38.8 Å². The standard InChI is InChI=1S/C17H21ClN8O2/c1-9-12(18)6-21-26(9)11(3)16(27)23-14-8-20-25(5)15(14)17(28)22-13-7-19-24(4)10(13)2/h6-8,11H,1-5H3,(H,22,28)(H,23,27)/t11-/m0/s1. The Labute approximate surface area is 166 Å². The van der Waals surface area contributed by atoms with Crippen LogP contribution in [0.5, 0.6) is 0 Å². The van der Waals surface area contributed by atoms with Gasteiger partial charge < -0.3 is 10.6 Å². The third kappa shape index (κ3) is 3.50. The molecule has 28 heavy (non-hydrogen) atoms. The van der Waals surface area contributed by atoms with Gasteiger partial charge in [0.15, 0.2) is 0 Å². The van der Waals surface area contributed by atoms with Crippen molar-refractivity contribution >= 4 is 34.8 Å². The van der Waals surface area contributed by atoms with Crippen LogP contribution in [0.25, 0.3) is 0 Å². The van der Waals surface area contributed by atoms with E-state index in [1.807, 2.05) is 6.92 Å². The summed E-state index contributed by atoms with van der Waals surface area (Å²) in [5.74, 6) is -0.750. The molecule has 3 aromatic heterocycles. The first-order valence-electron chi connectivity index (χ1n) is 8.53. The molecule has 0 aliphatic carbocycles. The zero-order valence-corrected chi connectivity index (χ0v) is 16.9. The Balaban J connectivity index is 1.80. The Morgan fingerprint density at radius 2 is 1.61 bits per heavy atom. The summed E-state index contributed by atoms with van der Waals surface area (Å²) in [6.45, 7) is 5.31. The third-order valence-electron chi connectivity index (χ3n) is 4.63. The summed E-state index contributed by atoms with van der Waals surface area (Å²) in [4.78, 5) is 25.4. The summed E-state index contributed by atoms with van der Waals surface area (Å²) in [5.41, 5.74) is 2.59. The van der Waals surface area contributed by atoms with E-state index in [4.69, 9.17) is 11.6 Å². The number of rotatable bonds is 5. The molecule has 0 fully saturated rings. The van der Waals surface area contributed by atoms with Gasteiger partial charge in [-0.3, -0.25) is 23.6 Å². The molecule has 3 aromatic rings. The number of carbonyl (C=O) groups is 2. The Morgan fingerprint density at radius 1 is 0.964 bits per heavy atom. The van der Waals surface area contributed by atoms with E-state index in [0.29, 0.717) is 22.1 Å². The van der Waals surface area contributed by atoms with Crippen LogP contribution in [0.3, 0.4) is 0 Å². The first-order valence-corrected chi connectivity index (χ1v) is 8.91. The van der Waals surface area contributed by atoms with Crippen LogP contribution < -0.4 is 10.6 Å². The van der Waals surface area contributed by atoms with Crippen molar-refractivity contribution in [2.45, 2.75) is 26.8 Å². The minimum Gasteiger partial charge on any atom is -0.321 e. The maximum absolute atomic E-state index is 12.8. The largest absolute Gasteiger partial charge is 0.321 e. The van der Waals surface area contributed by atoms with Crippen molar-refractivity contribution in [1.29, 1.82) is 0 Å². The van der Waals surface area contributed by atoms with Crippen molar-refractivity contribution in [1.82, 2.24) is 29.3 Å². The topological polar surface area (TPSA) is 112 Å². The van der Waals surface area contributed by atoms with E-state index < -0.39 is 11.9 Å². The van der Waals surface area contributed by atoms with Crippen LogP contribution in [0.1, 0.15) is 34.8 Å². The van der Waals surface area contributed by atoms with Crippen molar-refractivity contribution < 1.29 is 9.59 Å². The lowest BCUT2D eigenvalue weighted by atomic mass is 10.2. The third-order valence-corrected chi connectivity index (χ3v) is 5.00. The number of hydrogen-bond donors (Lipinski definition) is 2. The molecule has 2 amide bonds. The molecule has 11 heteroatoms. The van der Waals surface area contributed by atoms with E-state index in [0.717, 1.165) is 5.69 Å². The highest BCUT2D eigenvalue weighted by atomic mass is 35.5. The van der Waals surface area contributed by atoms with Gasteiger partial charge >= 0.3 is 0 Å². The van der Waals surface area contributed by atoms with Gasteiger partial charge in [0.25, 0.3) is 5.91 Å². The average Bonchev–Trinajstić information content (AvgIpc) is 3.28. The number of aromatic nitrogens is 6. The molecule has 0 saturated heterocycles. The number of halogens is 1. The van der Waals surface area contributed by atoms with Crippen LogP contribution in [-0.4, -0.2) is 41.2 Å². The van der Waals surface area contributed by atoms with Gasteiger partial charge in [0.2, 0.25) is 5.91 Å². The van der Waals surface area contributed by atoms with Gasteiger partial charge in [-0.25, -0.2) is 0 Å². The number of carbonyl (C=O) groups excluding carboxylic acids is 2. The second-order valence-corrected chi connectivity index (χ2v) is 6.85. The highest BCUT2D eigenvalue weighted by Crippen LogP contribution is 2.22. The fourth-order valence-electron chi connectivity index (χ4n) is 2.74. The molecule has 0 aliphatic heterocycles. The molecule has 1 atom stereocenters. The Morgan fingerprint density at radius 3 is 2.18 bits per heavy atom. The van der Waals surface area contributed by atoms with Crippen molar-refractivity contribution in [3.63, 3.8) is 0 Å². The predicted octanol–water partition coefficient (Wildman–Crippen LogP) is 2.07. The molecule has 3 heterocycles. The smallest absolute Gasteiger partial charge is 0.276 e. The Kier molecular flexibility index (Phi) is 5.23. The van der Waals surface area contributed by atoms with Crippen LogP contribution in [0, 0.1) is 13.8 Å². The van der Waals surface area contributed by atoms with Crippen molar-refractivity contribution in [3.05, 3.63) is 40.7 Å². The van der Waals surface area contributed by atoms with E-state index in [1.165, 1.54) is 21.8 Å². The number of nitrogens with one attached hydrogen (secondary N) is 2. The molecule has 0 aliphatic rings. The predicted molar refractivity (Wildman–Crippen MR) is 104 cm³/mol. The maximum Gasteiger partial charge on any atom is 0.276 e. The maximum atomic E-state index is 12.8. The minimum absolute atomic E-state index is 0.221. The molecule has 0 unspecified atom stereocenters. The summed E-state index contributed by atoms with van der Waals surface area (Å²) < 4.78 is 4.57. The highest BCUT2D eigenvalue weighted by molar-refractivity contribution is 6.31. The molecule has 148 valence electrons. The number of aryl methyl sites for hydroxylation is 2. The zero-order valence-electron chi connectivity index (χ0n) is 16.2. The van der Waals surface area contributed by atoms with Gasteiger partial charge in [-0.2, -0.15) is 15.3 Å². The monoisotopic (exact) mass is 404 g/mol. The lowest BCUT2D eigenvalue weighted by molar-refractivity contribution is -0.119. The van der Waals surface area contributed by atoms with Crippen LogP contribution in [-0.2, 0) is 18.9 Å². The normalized spacial score (nSPS) is 12.1. The van der Waals surface area contributed by atoms with Crippen LogP contribution in [0.4, 0.5) is 11.4 Å². The number of amides is 2. The Hall–Kier alpha value is -3.14. The highest BCUT2D eigenvalue weighted by Gasteiger charge is 2.24. The summed E-state index contributed by atoms with van der Waals surface area (Å²) in [5, 5.41) is 18.3. The minimum atomic E-state index is -0.621. The number of anilines is 2. The molecule has 0 saturated carbocycles. The quantitative estimate of drug-likeness (QED) is 0.676. The fraction of sp³-hybridized carbons (Fsp3) is 0.353. The molecular weight excluding hydrogens is 384 g/mol. The molecule has 0 radical (unpaired) electrons. The summed E-state index contributed by atoms with van der Waals surface area (Å²) in [6, 6.07) is -0.621. The summed E-state index contributed by atoms with van der Waals surface area (Å²) in [7, 11) is 3.41. The SMILES string of the molecule is Cc1c(NC(=O)c2c(NC(=O)[C@H](C)n3ncc(Cl)c3C)cnn2C)cnn1C.